The van der Waals surface area contributed by atoms with Crippen molar-refractivity contribution in [2.24, 2.45) is 0 Å². The second-order valence-electron chi connectivity index (χ2n) is 11.2. The largest absolute Gasteiger partial charge is 0.309 e. The van der Waals surface area contributed by atoms with Crippen molar-refractivity contribution >= 4 is 43.6 Å². The monoisotopic (exact) mass is 561 g/mol. The molecule has 9 aromatic rings. The van der Waals surface area contributed by atoms with E-state index in [0.717, 1.165) is 33.9 Å². The molecule has 0 saturated heterocycles. The fourth-order valence-corrected chi connectivity index (χ4v) is 6.75. The molecule has 0 amide bonds. The first-order chi connectivity index (χ1) is 21.8. The van der Waals surface area contributed by atoms with E-state index in [9.17, 15) is 0 Å². The number of pyridine rings is 1. The van der Waals surface area contributed by atoms with Crippen LogP contribution in [0.15, 0.2) is 164 Å². The van der Waals surface area contributed by atoms with Crippen LogP contribution in [-0.4, -0.2) is 14.1 Å². The summed E-state index contributed by atoms with van der Waals surface area (Å²) in [4.78, 5) is 5.04. The van der Waals surface area contributed by atoms with Crippen molar-refractivity contribution in [2.75, 3.05) is 0 Å². The van der Waals surface area contributed by atoms with E-state index in [1.54, 1.807) is 0 Å². The predicted octanol–water partition coefficient (Wildman–Crippen LogP) is 10.6. The highest BCUT2D eigenvalue weighted by atomic mass is 15.0. The van der Waals surface area contributed by atoms with Crippen molar-refractivity contribution in [1.29, 1.82) is 0 Å². The van der Waals surface area contributed by atoms with Crippen LogP contribution in [0.4, 0.5) is 0 Å². The van der Waals surface area contributed by atoms with E-state index in [2.05, 4.69) is 167 Å². The summed E-state index contributed by atoms with van der Waals surface area (Å²) in [5.41, 5.74) is 11.2. The van der Waals surface area contributed by atoms with Gasteiger partial charge in [-0.3, -0.25) is 0 Å². The van der Waals surface area contributed by atoms with Crippen molar-refractivity contribution in [3.63, 3.8) is 0 Å². The van der Waals surface area contributed by atoms with Gasteiger partial charge in [-0.1, -0.05) is 103 Å². The van der Waals surface area contributed by atoms with Gasteiger partial charge in [0.2, 0.25) is 0 Å². The van der Waals surface area contributed by atoms with E-state index in [0.29, 0.717) is 0 Å². The zero-order valence-corrected chi connectivity index (χ0v) is 23.9. The normalized spacial score (nSPS) is 11.6. The van der Waals surface area contributed by atoms with Crippen LogP contribution in [0.2, 0.25) is 0 Å². The third kappa shape index (κ3) is 3.80. The number of benzene rings is 6. The minimum atomic E-state index is 0.961. The number of nitrogens with zero attached hydrogens (tertiary/aromatic N) is 3. The average Bonchev–Trinajstić information content (AvgIpc) is 3.61. The van der Waals surface area contributed by atoms with Gasteiger partial charge in [-0.25, -0.2) is 4.98 Å². The first-order valence-corrected chi connectivity index (χ1v) is 15.0. The number of hydrogen-bond donors (Lipinski definition) is 0. The van der Waals surface area contributed by atoms with Gasteiger partial charge in [0.1, 0.15) is 0 Å². The molecule has 0 radical (unpaired) electrons. The molecule has 0 atom stereocenters. The van der Waals surface area contributed by atoms with E-state index in [-0.39, 0.29) is 0 Å². The highest BCUT2D eigenvalue weighted by Crippen LogP contribution is 2.37. The molecule has 6 aromatic carbocycles. The van der Waals surface area contributed by atoms with Crippen LogP contribution in [0.1, 0.15) is 0 Å². The van der Waals surface area contributed by atoms with Gasteiger partial charge >= 0.3 is 0 Å². The van der Waals surface area contributed by atoms with Crippen molar-refractivity contribution in [1.82, 2.24) is 14.1 Å². The van der Waals surface area contributed by atoms with Crippen LogP contribution >= 0.6 is 0 Å². The minimum Gasteiger partial charge on any atom is -0.309 e. The summed E-state index contributed by atoms with van der Waals surface area (Å²) in [5, 5.41) is 5.01. The first kappa shape index (κ1) is 24.6. The third-order valence-corrected chi connectivity index (χ3v) is 8.71. The van der Waals surface area contributed by atoms with Crippen LogP contribution in [0, 0.1) is 0 Å². The molecule has 0 fully saturated rings. The van der Waals surface area contributed by atoms with E-state index >= 15 is 0 Å². The van der Waals surface area contributed by atoms with Gasteiger partial charge in [-0.15, -0.1) is 0 Å². The fraction of sp³-hybridized carbons (Fsp3) is 0. The number of para-hydroxylation sites is 3. The molecule has 0 spiro atoms. The Morgan fingerprint density at radius 2 is 0.795 bits per heavy atom. The Bertz CT molecular complexity index is 2450. The summed E-state index contributed by atoms with van der Waals surface area (Å²) < 4.78 is 4.77. The Morgan fingerprint density at radius 3 is 1.45 bits per heavy atom. The molecule has 3 nitrogen and oxygen atoms in total. The highest BCUT2D eigenvalue weighted by Gasteiger charge is 2.16. The van der Waals surface area contributed by atoms with Gasteiger partial charge in [0, 0.05) is 44.0 Å². The number of hydrogen-bond acceptors (Lipinski definition) is 1. The van der Waals surface area contributed by atoms with E-state index in [4.69, 9.17) is 4.98 Å². The molecule has 0 aliphatic heterocycles. The molecule has 0 aliphatic carbocycles. The van der Waals surface area contributed by atoms with Crippen molar-refractivity contribution in [3.8, 4) is 33.9 Å². The van der Waals surface area contributed by atoms with Crippen molar-refractivity contribution in [2.45, 2.75) is 0 Å². The fourth-order valence-electron chi connectivity index (χ4n) is 6.75. The molecule has 0 bridgehead atoms. The van der Waals surface area contributed by atoms with Gasteiger partial charge in [-0.05, 0) is 60.7 Å². The molecule has 3 aromatic heterocycles. The SMILES string of the molecule is c1ccc(-c2cccc(-c3cccc(-n4c5ccccc5c5cc(-n6c7ccccc7c7ccccc76)ccc54)c3)n2)cc1. The second-order valence-corrected chi connectivity index (χ2v) is 11.2. The number of aromatic nitrogens is 3. The van der Waals surface area contributed by atoms with Gasteiger partial charge in [0.25, 0.3) is 0 Å². The number of fused-ring (bicyclic) bond motifs is 6. The van der Waals surface area contributed by atoms with Crippen molar-refractivity contribution in [3.05, 3.63) is 164 Å². The number of rotatable bonds is 4. The lowest BCUT2D eigenvalue weighted by Gasteiger charge is -2.12. The summed E-state index contributed by atoms with van der Waals surface area (Å²) in [6.07, 6.45) is 0. The van der Waals surface area contributed by atoms with Crippen LogP contribution in [0.5, 0.6) is 0 Å². The standard InChI is InChI=1S/C41H27N3/c1-2-12-28(13-3-1)36-19-11-20-37(42-36)29-14-10-15-30(26-29)43-40-23-9-6-18-34(40)35-27-31(24-25-41(35)43)44-38-21-7-4-16-32(38)33-17-5-8-22-39(33)44/h1-27H. The molecule has 3 heteroatoms. The van der Waals surface area contributed by atoms with E-state index in [1.807, 2.05) is 6.07 Å². The van der Waals surface area contributed by atoms with Crippen LogP contribution in [-0.2, 0) is 0 Å². The Kier molecular flexibility index (Phi) is 5.50. The Labute approximate surface area is 254 Å². The average molecular weight is 562 g/mol. The van der Waals surface area contributed by atoms with Crippen LogP contribution in [0.25, 0.3) is 77.5 Å². The Morgan fingerprint density at radius 1 is 0.318 bits per heavy atom. The van der Waals surface area contributed by atoms with Crippen molar-refractivity contribution < 1.29 is 0 Å². The van der Waals surface area contributed by atoms with E-state index < -0.39 is 0 Å². The summed E-state index contributed by atoms with van der Waals surface area (Å²) >= 11 is 0. The zero-order chi connectivity index (χ0) is 29.0. The predicted molar refractivity (Wildman–Crippen MR) is 184 cm³/mol. The maximum Gasteiger partial charge on any atom is 0.0710 e. The van der Waals surface area contributed by atoms with Gasteiger partial charge in [0.05, 0.1) is 33.5 Å². The summed E-state index contributed by atoms with van der Waals surface area (Å²) in [6, 6.07) is 58.3. The highest BCUT2D eigenvalue weighted by molar-refractivity contribution is 6.12. The molecule has 0 saturated carbocycles. The topological polar surface area (TPSA) is 22.8 Å². The smallest absolute Gasteiger partial charge is 0.0710 e. The second kappa shape index (κ2) is 9.82. The quantitative estimate of drug-likeness (QED) is 0.210. The van der Waals surface area contributed by atoms with E-state index in [1.165, 1.54) is 43.6 Å². The molecule has 3 heterocycles. The Balaban J connectivity index is 1.23. The van der Waals surface area contributed by atoms with Gasteiger partial charge < -0.3 is 9.13 Å². The molecule has 0 unspecified atom stereocenters. The summed E-state index contributed by atoms with van der Waals surface area (Å²) in [6.45, 7) is 0. The van der Waals surface area contributed by atoms with Crippen LogP contribution in [0.3, 0.4) is 0 Å². The maximum atomic E-state index is 5.04. The lowest BCUT2D eigenvalue weighted by atomic mass is 10.1. The van der Waals surface area contributed by atoms with Gasteiger partial charge in [-0.2, -0.15) is 0 Å². The summed E-state index contributed by atoms with van der Waals surface area (Å²) in [7, 11) is 0. The third-order valence-electron chi connectivity index (χ3n) is 8.71. The molecule has 44 heavy (non-hydrogen) atoms. The minimum absolute atomic E-state index is 0.961. The maximum absolute atomic E-state index is 5.04. The molecule has 0 N–H and O–H groups in total. The molecular weight excluding hydrogens is 534 g/mol. The molecule has 9 rings (SSSR count). The molecule has 206 valence electrons. The first-order valence-electron chi connectivity index (χ1n) is 15.0. The molecular formula is C41H27N3. The Hall–Kier alpha value is -5.93. The van der Waals surface area contributed by atoms with Gasteiger partial charge in [0.15, 0.2) is 0 Å². The lowest BCUT2D eigenvalue weighted by Crippen LogP contribution is -1.96. The lowest BCUT2D eigenvalue weighted by molar-refractivity contribution is 1.16. The zero-order valence-electron chi connectivity index (χ0n) is 23.9. The summed E-state index contributed by atoms with van der Waals surface area (Å²) in [5.74, 6) is 0. The van der Waals surface area contributed by atoms with Crippen LogP contribution < -0.4 is 0 Å². The molecule has 0 aliphatic rings.